The minimum Gasteiger partial charge on any atom is -0.493 e. The summed E-state index contributed by atoms with van der Waals surface area (Å²) < 4.78 is 15.5. The van der Waals surface area contributed by atoms with Crippen LogP contribution in [0.15, 0.2) is 30.3 Å². The van der Waals surface area contributed by atoms with Crippen LogP contribution in [0.4, 0.5) is 4.79 Å². The van der Waals surface area contributed by atoms with E-state index in [0.717, 1.165) is 5.56 Å². The normalized spacial score (nSPS) is 14.1. The lowest BCUT2D eigenvalue weighted by Gasteiger charge is -2.33. The SMILES string of the molecule is CCOC(=O)N1CCN(C(=O)COC(=O)/C=C/c2ccccc2OCC)CC1. The maximum Gasteiger partial charge on any atom is 0.409 e. The molecule has 0 unspecified atom stereocenters. The Balaban J connectivity index is 1.77. The van der Waals surface area contributed by atoms with Crippen molar-refractivity contribution in [1.29, 1.82) is 0 Å². The highest BCUT2D eigenvalue weighted by Gasteiger charge is 2.25. The van der Waals surface area contributed by atoms with Crippen LogP contribution in [0.25, 0.3) is 6.08 Å². The molecule has 8 heteroatoms. The number of benzene rings is 1. The largest absolute Gasteiger partial charge is 0.493 e. The third kappa shape index (κ3) is 6.29. The van der Waals surface area contributed by atoms with E-state index in [1.807, 2.05) is 31.2 Å². The van der Waals surface area contributed by atoms with Gasteiger partial charge in [-0.3, -0.25) is 4.79 Å². The first-order valence-corrected chi connectivity index (χ1v) is 9.31. The van der Waals surface area contributed by atoms with Crippen LogP contribution in [-0.4, -0.2) is 73.8 Å². The number of carbonyl (C=O) groups is 3. The van der Waals surface area contributed by atoms with Crippen molar-refractivity contribution in [3.05, 3.63) is 35.9 Å². The van der Waals surface area contributed by atoms with Gasteiger partial charge in [0.15, 0.2) is 6.61 Å². The number of ether oxygens (including phenoxy) is 3. The first kappa shape index (κ1) is 21.3. The lowest BCUT2D eigenvalue weighted by atomic mass is 10.2. The Bertz CT molecular complexity index is 710. The molecule has 0 bridgehead atoms. The summed E-state index contributed by atoms with van der Waals surface area (Å²) in [6.45, 7) is 5.68. The van der Waals surface area contributed by atoms with Crippen LogP contribution in [0.2, 0.25) is 0 Å². The third-order valence-electron chi connectivity index (χ3n) is 4.11. The molecular formula is C20H26N2O6. The van der Waals surface area contributed by atoms with Crippen LogP contribution in [0.1, 0.15) is 19.4 Å². The fraction of sp³-hybridized carbons (Fsp3) is 0.450. The standard InChI is InChI=1S/C20H26N2O6/c1-3-26-17-8-6-5-7-16(17)9-10-19(24)28-15-18(23)21-11-13-22(14-12-21)20(25)27-4-2/h5-10H,3-4,11-15H2,1-2H3/b10-9+. The van der Waals surface area contributed by atoms with Gasteiger partial charge in [-0.05, 0) is 26.0 Å². The minimum absolute atomic E-state index is 0.292. The van der Waals surface area contributed by atoms with E-state index in [1.165, 1.54) is 6.08 Å². The van der Waals surface area contributed by atoms with E-state index in [1.54, 1.807) is 22.8 Å². The van der Waals surface area contributed by atoms with Crippen LogP contribution in [0.5, 0.6) is 5.75 Å². The summed E-state index contributed by atoms with van der Waals surface area (Å²) in [5.74, 6) is -0.227. The summed E-state index contributed by atoms with van der Waals surface area (Å²) in [5, 5.41) is 0. The van der Waals surface area contributed by atoms with E-state index < -0.39 is 5.97 Å². The first-order valence-electron chi connectivity index (χ1n) is 9.31. The number of amides is 2. The van der Waals surface area contributed by atoms with Crippen LogP contribution < -0.4 is 4.74 Å². The second-order valence-electron chi connectivity index (χ2n) is 5.98. The second-order valence-corrected chi connectivity index (χ2v) is 5.98. The number of hydrogen-bond acceptors (Lipinski definition) is 6. The van der Waals surface area contributed by atoms with Crippen LogP contribution in [0, 0.1) is 0 Å². The van der Waals surface area contributed by atoms with E-state index in [-0.39, 0.29) is 18.6 Å². The minimum atomic E-state index is -0.607. The number of carbonyl (C=O) groups excluding carboxylic acids is 3. The zero-order valence-corrected chi connectivity index (χ0v) is 16.3. The number of para-hydroxylation sites is 1. The van der Waals surface area contributed by atoms with E-state index in [2.05, 4.69) is 0 Å². The van der Waals surface area contributed by atoms with E-state index >= 15 is 0 Å². The summed E-state index contributed by atoms with van der Waals surface area (Å²) in [4.78, 5) is 38.9. The predicted octanol–water partition coefficient (Wildman–Crippen LogP) is 1.94. The molecule has 0 aromatic heterocycles. The van der Waals surface area contributed by atoms with Crippen molar-refractivity contribution in [2.24, 2.45) is 0 Å². The van der Waals surface area contributed by atoms with Crippen LogP contribution in [-0.2, 0) is 19.1 Å². The first-order chi connectivity index (χ1) is 13.5. The van der Waals surface area contributed by atoms with Crippen molar-refractivity contribution in [3.8, 4) is 5.75 Å². The number of hydrogen-bond donors (Lipinski definition) is 0. The molecule has 1 aromatic carbocycles. The highest BCUT2D eigenvalue weighted by molar-refractivity contribution is 5.89. The van der Waals surface area contributed by atoms with Crippen molar-refractivity contribution in [1.82, 2.24) is 9.80 Å². The molecule has 0 radical (unpaired) electrons. The lowest BCUT2D eigenvalue weighted by molar-refractivity contribution is -0.148. The molecule has 1 saturated heterocycles. The van der Waals surface area contributed by atoms with Gasteiger partial charge in [0, 0.05) is 37.8 Å². The quantitative estimate of drug-likeness (QED) is 0.523. The van der Waals surface area contributed by atoms with Gasteiger partial charge in [-0.15, -0.1) is 0 Å². The summed E-state index contributed by atoms with van der Waals surface area (Å²) in [6.07, 6.45) is 2.48. The summed E-state index contributed by atoms with van der Waals surface area (Å²) in [5.41, 5.74) is 0.753. The molecule has 0 atom stereocenters. The Kier molecular flexibility index (Phi) is 8.33. The smallest absolute Gasteiger partial charge is 0.409 e. The van der Waals surface area contributed by atoms with Gasteiger partial charge in [-0.2, -0.15) is 0 Å². The molecule has 1 heterocycles. The zero-order chi connectivity index (χ0) is 20.4. The van der Waals surface area contributed by atoms with Gasteiger partial charge in [-0.1, -0.05) is 18.2 Å². The number of rotatable bonds is 7. The Labute approximate surface area is 164 Å². The average molecular weight is 390 g/mol. The maximum atomic E-state index is 12.2. The summed E-state index contributed by atoms with van der Waals surface area (Å²) >= 11 is 0. The van der Waals surface area contributed by atoms with E-state index in [0.29, 0.717) is 45.1 Å². The van der Waals surface area contributed by atoms with Gasteiger partial charge in [0.1, 0.15) is 5.75 Å². The summed E-state index contributed by atoms with van der Waals surface area (Å²) in [7, 11) is 0. The summed E-state index contributed by atoms with van der Waals surface area (Å²) in [6, 6.07) is 7.32. The fourth-order valence-electron chi connectivity index (χ4n) is 2.69. The molecule has 152 valence electrons. The van der Waals surface area contributed by atoms with Crippen molar-refractivity contribution >= 4 is 24.0 Å². The maximum absolute atomic E-state index is 12.2. The van der Waals surface area contributed by atoms with Gasteiger partial charge in [-0.25, -0.2) is 9.59 Å². The van der Waals surface area contributed by atoms with E-state index in [9.17, 15) is 14.4 Å². The Morgan fingerprint density at radius 1 is 0.964 bits per heavy atom. The molecule has 2 amide bonds. The highest BCUT2D eigenvalue weighted by atomic mass is 16.6. The van der Waals surface area contributed by atoms with Gasteiger partial charge >= 0.3 is 12.1 Å². The predicted molar refractivity (Wildman–Crippen MR) is 103 cm³/mol. The van der Waals surface area contributed by atoms with Crippen molar-refractivity contribution in [3.63, 3.8) is 0 Å². The van der Waals surface area contributed by atoms with Crippen molar-refractivity contribution in [2.75, 3.05) is 46.0 Å². The topological polar surface area (TPSA) is 85.4 Å². The Hall–Kier alpha value is -3.03. The number of nitrogens with zero attached hydrogens (tertiary/aromatic N) is 2. The number of esters is 1. The van der Waals surface area contributed by atoms with Crippen LogP contribution in [0.3, 0.4) is 0 Å². The molecule has 1 aliphatic heterocycles. The molecule has 8 nitrogen and oxygen atoms in total. The Morgan fingerprint density at radius 3 is 2.32 bits per heavy atom. The molecule has 1 aliphatic rings. The lowest BCUT2D eigenvalue weighted by Crippen LogP contribution is -2.51. The number of piperazine rings is 1. The fourth-order valence-corrected chi connectivity index (χ4v) is 2.69. The highest BCUT2D eigenvalue weighted by Crippen LogP contribution is 2.19. The van der Waals surface area contributed by atoms with Gasteiger partial charge in [0.05, 0.1) is 13.2 Å². The van der Waals surface area contributed by atoms with Gasteiger partial charge in [0.25, 0.3) is 5.91 Å². The van der Waals surface area contributed by atoms with Gasteiger partial charge < -0.3 is 24.0 Å². The molecule has 0 spiro atoms. The second kappa shape index (κ2) is 11.0. The molecular weight excluding hydrogens is 364 g/mol. The molecule has 1 fully saturated rings. The van der Waals surface area contributed by atoms with Crippen molar-refractivity contribution in [2.45, 2.75) is 13.8 Å². The molecule has 0 N–H and O–H groups in total. The van der Waals surface area contributed by atoms with E-state index in [4.69, 9.17) is 14.2 Å². The Morgan fingerprint density at radius 2 is 1.64 bits per heavy atom. The molecule has 1 aromatic rings. The van der Waals surface area contributed by atoms with Crippen molar-refractivity contribution < 1.29 is 28.6 Å². The molecule has 0 aliphatic carbocycles. The zero-order valence-electron chi connectivity index (χ0n) is 16.3. The molecule has 0 saturated carbocycles. The van der Waals surface area contributed by atoms with Gasteiger partial charge in [0.2, 0.25) is 0 Å². The third-order valence-corrected chi connectivity index (χ3v) is 4.11. The molecule has 2 rings (SSSR count). The average Bonchev–Trinajstić information content (AvgIpc) is 2.72. The monoisotopic (exact) mass is 390 g/mol. The van der Waals surface area contributed by atoms with Crippen LogP contribution >= 0.6 is 0 Å². The molecule has 28 heavy (non-hydrogen) atoms.